The van der Waals surface area contributed by atoms with E-state index in [4.69, 9.17) is 5.73 Å². The zero-order valence-electron chi connectivity index (χ0n) is 14.7. The van der Waals surface area contributed by atoms with Crippen LogP contribution in [0.5, 0.6) is 0 Å². The second kappa shape index (κ2) is 6.12. The molecule has 1 aliphatic rings. The van der Waals surface area contributed by atoms with E-state index in [2.05, 4.69) is 25.5 Å². The van der Waals surface area contributed by atoms with Gasteiger partial charge in [-0.1, -0.05) is 18.9 Å². The number of aromatic amines is 2. The number of nitrogens with one attached hydrogen (secondary N) is 3. The van der Waals surface area contributed by atoms with Crippen molar-refractivity contribution in [2.75, 3.05) is 5.73 Å². The van der Waals surface area contributed by atoms with Gasteiger partial charge in [-0.15, -0.1) is 0 Å². The van der Waals surface area contributed by atoms with Crippen molar-refractivity contribution in [2.24, 2.45) is 0 Å². The van der Waals surface area contributed by atoms with Crippen molar-refractivity contribution in [3.63, 3.8) is 0 Å². The number of hydrogen-bond acceptors (Lipinski definition) is 4. The summed E-state index contributed by atoms with van der Waals surface area (Å²) < 4.78 is 0. The van der Waals surface area contributed by atoms with Gasteiger partial charge in [-0.3, -0.25) is 9.89 Å². The van der Waals surface area contributed by atoms with Crippen molar-refractivity contribution in [1.82, 2.24) is 25.5 Å². The van der Waals surface area contributed by atoms with Gasteiger partial charge in [0.15, 0.2) is 5.82 Å². The lowest BCUT2D eigenvalue weighted by Crippen LogP contribution is -2.32. The molecule has 3 heterocycles. The topological polar surface area (TPSA) is 112 Å². The highest BCUT2D eigenvalue weighted by molar-refractivity contribution is 6.03. The molecule has 27 heavy (non-hydrogen) atoms. The number of nitrogens with two attached hydrogens (primary N) is 1. The van der Waals surface area contributed by atoms with Gasteiger partial charge in [-0.2, -0.15) is 5.10 Å². The molecular weight excluding hydrogens is 340 g/mol. The van der Waals surface area contributed by atoms with Crippen molar-refractivity contribution in [1.29, 1.82) is 0 Å². The van der Waals surface area contributed by atoms with Gasteiger partial charge in [0.2, 0.25) is 0 Å². The van der Waals surface area contributed by atoms with Crippen molar-refractivity contribution in [3.8, 4) is 11.1 Å². The lowest BCUT2D eigenvalue weighted by atomic mass is 10.0. The summed E-state index contributed by atoms with van der Waals surface area (Å²) >= 11 is 0. The Morgan fingerprint density at radius 2 is 2.00 bits per heavy atom. The van der Waals surface area contributed by atoms with Crippen LogP contribution < -0.4 is 11.1 Å². The van der Waals surface area contributed by atoms with E-state index in [1.165, 1.54) is 12.8 Å². The number of hydrogen-bond donors (Lipinski definition) is 4. The predicted octanol–water partition coefficient (Wildman–Crippen LogP) is 3.36. The molecule has 0 saturated heterocycles. The smallest absolute Gasteiger partial charge is 0.267 e. The van der Waals surface area contributed by atoms with Gasteiger partial charge in [-0.25, -0.2) is 4.98 Å². The molecule has 0 radical (unpaired) electrons. The monoisotopic (exact) mass is 360 g/mol. The predicted molar refractivity (Wildman–Crippen MR) is 105 cm³/mol. The van der Waals surface area contributed by atoms with Gasteiger partial charge in [0.25, 0.3) is 5.91 Å². The maximum Gasteiger partial charge on any atom is 0.267 e. The Balaban J connectivity index is 1.55. The zero-order valence-corrected chi connectivity index (χ0v) is 14.7. The Morgan fingerprint density at radius 1 is 1.15 bits per heavy atom. The largest absolute Gasteiger partial charge is 0.382 e. The molecule has 1 saturated carbocycles. The third-order valence-electron chi connectivity index (χ3n) is 5.37. The normalized spacial score (nSPS) is 15.0. The van der Waals surface area contributed by atoms with Crippen LogP contribution in [0.15, 0.2) is 36.5 Å². The molecule has 136 valence electrons. The minimum absolute atomic E-state index is 0.0691. The molecule has 4 aromatic rings. The average molecular weight is 360 g/mol. The van der Waals surface area contributed by atoms with E-state index in [9.17, 15) is 4.79 Å². The van der Waals surface area contributed by atoms with E-state index in [-0.39, 0.29) is 11.9 Å². The molecule has 1 aliphatic carbocycles. The Kier molecular flexibility index (Phi) is 3.60. The highest BCUT2D eigenvalue weighted by Crippen LogP contribution is 2.31. The molecule has 5 N–H and O–H groups in total. The van der Waals surface area contributed by atoms with Crippen LogP contribution in [0.25, 0.3) is 33.1 Å². The SMILES string of the molecule is Nc1n[nH]c2ccc(-c3ccnc4[nH]c(C(=O)NC5CCCC5)cc34)cc12. The third kappa shape index (κ3) is 2.71. The highest BCUT2D eigenvalue weighted by Gasteiger charge is 2.20. The number of amides is 1. The first-order valence-corrected chi connectivity index (χ1v) is 9.21. The molecule has 0 unspecified atom stereocenters. The molecule has 1 fully saturated rings. The van der Waals surface area contributed by atoms with Crippen LogP contribution >= 0.6 is 0 Å². The van der Waals surface area contributed by atoms with Crippen LogP contribution in [-0.2, 0) is 0 Å². The van der Waals surface area contributed by atoms with Crippen molar-refractivity contribution in [3.05, 3.63) is 42.2 Å². The average Bonchev–Trinajstić information content (AvgIpc) is 3.41. The van der Waals surface area contributed by atoms with E-state index in [0.717, 1.165) is 40.3 Å². The lowest BCUT2D eigenvalue weighted by Gasteiger charge is -2.10. The van der Waals surface area contributed by atoms with Crippen molar-refractivity contribution < 1.29 is 4.79 Å². The van der Waals surface area contributed by atoms with Crippen LogP contribution in [0.2, 0.25) is 0 Å². The maximum atomic E-state index is 12.6. The van der Waals surface area contributed by atoms with Gasteiger partial charge in [-0.05, 0) is 48.2 Å². The summed E-state index contributed by atoms with van der Waals surface area (Å²) in [6.45, 7) is 0. The molecule has 7 nitrogen and oxygen atoms in total. The van der Waals surface area contributed by atoms with Gasteiger partial charge >= 0.3 is 0 Å². The minimum atomic E-state index is -0.0691. The summed E-state index contributed by atoms with van der Waals surface area (Å²) in [5.41, 5.74) is 10.1. The third-order valence-corrected chi connectivity index (χ3v) is 5.37. The van der Waals surface area contributed by atoms with Crippen LogP contribution in [0.3, 0.4) is 0 Å². The molecule has 0 aliphatic heterocycles. The van der Waals surface area contributed by atoms with Gasteiger partial charge in [0.05, 0.1) is 5.52 Å². The number of anilines is 1. The molecule has 1 amide bonds. The van der Waals surface area contributed by atoms with Gasteiger partial charge < -0.3 is 16.0 Å². The second-order valence-corrected chi connectivity index (χ2v) is 7.13. The van der Waals surface area contributed by atoms with E-state index < -0.39 is 0 Å². The van der Waals surface area contributed by atoms with Crippen LogP contribution in [0.4, 0.5) is 5.82 Å². The molecule has 3 aromatic heterocycles. The number of aromatic nitrogens is 4. The van der Waals surface area contributed by atoms with Crippen molar-refractivity contribution >= 4 is 33.7 Å². The summed E-state index contributed by atoms with van der Waals surface area (Å²) in [7, 11) is 0. The first kappa shape index (κ1) is 15.9. The molecular formula is C20H20N6O. The molecule has 0 spiro atoms. The fraction of sp³-hybridized carbons (Fsp3) is 0.250. The zero-order chi connectivity index (χ0) is 18.4. The number of carbonyl (C=O) groups is 1. The Labute approximate surface area is 155 Å². The maximum absolute atomic E-state index is 12.6. The number of nitrogen functional groups attached to an aromatic ring is 1. The standard InChI is InChI=1S/C20H20N6O/c21-18-15-9-11(5-6-16(15)25-26-18)13-7-8-22-19-14(13)10-17(24-19)20(27)23-12-3-1-2-4-12/h5-10,12H,1-4H2,(H,22,24)(H,23,27)(H3,21,25,26). The van der Waals surface area contributed by atoms with E-state index >= 15 is 0 Å². The summed E-state index contributed by atoms with van der Waals surface area (Å²) in [6.07, 6.45) is 6.23. The first-order chi connectivity index (χ1) is 13.2. The molecule has 0 atom stereocenters. The van der Waals surface area contributed by atoms with E-state index in [0.29, 0.717) is 17.2 Å². The number of H-pyrrole nitrogens is 2. The molecule has 7 heteroatoms. The van der Waals surface area contributed by atoms with Crippen molar-refractivity contribution in [2.45, 2.75) is 31.7 Å². The summed E-state index contributed by atoms with van der Waals surface area (Å²) in [5, 5.41) is 11.9. The minimum Gasteiger partial charge on any atom is -0.382 e. The Hall–Kier alpha value is -3.35. The molecule has 0 bridgehead atoms. The Morgan fingerprint density at radius 3 is 2.85 bits per heavy atom. The van der Waals surface area contributed by atoms with Gasteiger partial charge in [0.1, 0.15) is 11.3 Å². The van der Waals surface area contributed by atoms with Crippen LogP contribution in [0, 0.1) is 0 Å². The number of pyridine rings is 1. The number of carbonyl (C=O) groups excluding carboxylic acids is 1. The number of nitrogens with zero attached hydrogens (tertiary/aromatic N) is 2. The van der Waals surface area contributed by atoms with Crippen LogP contribution in [-0.4, -0.2) is 32.1 Å². The molecule has 5 rings (SSSR count). The lowest BCUT2D eigenvalue weighted by molar-refractivity contribution is 0.0933. The Bertz CT molecular complexity index is 1150. The van der Waals surface area contributed by atoms with E-state index in [1.807, 2.05) is 30.3 Å². The summed E-state index contributed by atoms with van der Waals surface area (Å²) in [4.78, 5) is 20.2. The second-order valence-electron chi connectivity index (χ2n) is 7.13. The number of benzene rings is 1. The first-order valence-electron chi connectivity index (χ1n) is 9.21. The fourth-order valence-corrected chi connectivity index (χ4v) is 3.94. The highest BCUT2D eigenvalue weighted by atomic mass is 16.1. The number of rotatable bonds is 3. The van der Waals surface area contributed by atoms with Crippen LogP contribution in [0.1, 0.15) is 36.2 Å². The quantitative estimate of drug-likeness (QED) is 0.449. The number of fused-ring (bicyclic) bond motifs is 2. The fourth-order valence-electron chi connectivity index (χ4n) is 3.94. The molecule has 1 aromatic carbocycles. The summed E-state index contributed by atoms with van der Waals surface area (Å²) in [5.74, 6) is 0.406. The van der Waals surface area contributed by atoms with Gasteiger partial charge in [0, 0.05) is 23.0 Å². The summed E-state index contributed by atoms with van der Waals surface area (Å²) in [6, 6.07) is 10.1. The van der Waals surface area contributed by atoms with E-state index in [1.54, 1.807) is 6.20 Å².